The van der Waals surface area contributed by atoms with Crippen molar-refractivity contribution in [2.45, 2.75) is 59.5 Å². The molecule has 0 radical (unpaired) electrons. The van der Waals surface area contributed by atoms with Crippen LogP contribution in [0.3, 0.4) is 0 Å². The number of hydrogen-bond donors (Lipinski definition) is 1. The van der Waals surface area contributed by atoms with Crippen molar-refractivity contribution in [1.82, 2.24) is 0 Å². The van der Waals surface area contributed by atoms with Crippen molar-refractivity contribution in [2.24, 2.45) is 17.3 Å². The molecule has 3 heteroatoms. The first-order valence-electron chi connectivity index (χ1n) is 7.83. The summed E-state index contributed by atoms with van der Waals surface area (Å²) in [5, 5.41) is 10.8. The highest BCUT2D eigenvalue weighted by molar-refractivity contribution is 9.11. The lowest BCUT2D eigenvalue weighted by Crippen LogP contribution is -2.28. The Morgan fingerprint density at radius 2 is 1.62 bits per heavy atom. The normalized spacial score (nSPS) is 24.9. The first-order chi connectivity index (χ1) is 9.70. The second-order valence-corrected chi connectivity index (χ2v) is 9.25. The summed E-state index contributed by atoms with van der Waals surface area (Å²) in [4.78, 5) is 0. The van der Waals surface area contributed by atoms with Gasteiger partial charge in [0.15, 0.2) is 0 Å². The van der Waals surface area contributed by atoms with E-state index in [1.165, 1.54) is 18.4 Å². The quantitative estimate of drug-likeness (QED) is 0.589. The van der Waals surface area contributed by atoms with Gasteiger partial charge in [-0.2, -0.15) is 0 Å². The number of rotatable bonds is 2. The molecule has 1 fully saturated rings. The SMILES string of the molecule is Cc1cc(Br)c(C(O)C2CCC(C(C)(C)C)CC2)cc1Br. The molecule has 0 saturated heterocycles. The maximum absolute atomic E-state index is 10.8. The topological polar surface area (TPSA) is 20.2 Å². The Morgan fingerprint density at radius 1 is 1.05 bits per heavy atom. The van der Waals surface area contributed by atoms with E-state index >= 15 is 0 Å². The lowest BCUT2D eigenvalue weighted by atomic mass is 9.68. The summed E-state index contributed by atoms with van der Waals surface area (Å²) in [5.41, 5.74) is 2.60. The van der Waals surface area contributed by atoms with Gasteiger partial charge >= 0.3 is 0 Å². The van der Waals surface area contributed by atoms with Crippen molar-refractivity contribution < 1.29 is 5.11 Å². The highest BCUT2D eigenvalue weighted by atomic mass is 79.9. The molecule has 118 valence electrons. The van der Waals surface area contributed by atoms with Crippen LogP contribution in [0.1, 0.15) is 63.7 Å². The van der Waals surface area contributed by atoms with E-state index in [0.29, 0.717) is 11.3 Å². The van der Waals surface area contributed by atoms with Crippen LogP contribution in [-0.2, 0) is 0 Å². The van der Waals surface area contributed by atoms with Crippen LogP contribution in [0.5, 0.6) is 0 Å². The van der Waals surface area contributed by atoms with Gasteiger partial charge in [0, 0.05) is 8.95 Å². The molecule has 1 N–H and O–H groups in total. The maximum Gasteiger partial charge on any atom is 0.0829 e. The zero-order chi connectivity index (χ0) is 15.8. The van der Waals surface area contributed by atoms with Crippen LogP contribution in [0.2, 0.25) is 0 Å². The molecule has 1 saturated carbocycles. The van der Waals surface area contributed by atoms with Crippen molar-refractivity contribution in [1.29, 1.82) is 0 Å². The van der Waals surface area contributed by atoms with Gasteiger partial charge in [-0.15, -0.1) is 0 Å². The molecule has 1 aliphatic rings. The van der Waals surface area contributed by atoms with Crippen LogP contribution < -0.4 is 0 Å². The van der Waals surface area contributed by atoms with Gasteiger partial charge in [-0.25, -0.2) is 0 Å². The average molecular weight is 418 g/mol. The fourth-order valence-electron chi connectivity index (χ4n) is 3.44. The molecule has 0 bridgehead atoms. The Hall–Kier alpha value is 0.140. The van der Waals surface area contributed by atoms with Crippen molar-refractivity contribution in [2.75, 3.05) is 0 Å². The van der Waals surface area contributed by atoms with Crippen molar-refractivity contribution in [3.05, 3.63) is 32.2 Å². The summed E-state index contributed by atoms with van der Waals surface area (Å²) in [5.74, 6) is 1.17. The van der Waals surface area contributed by atoms with Gasteiger partial charge in [0.05, 0.1) is 6.10 Å². The van der Waals surface area contributed by atoms with Gasteiger partial charge in [0.1, 0.15) is 0 Å². The highest BCUT2D eigenvalue weighted by Crippen LogP contribution is 2.44. The standard InChI is InChI=1S/C18H26Br2O/c1-11-9-16(20)14(10-15(11)19)17(21)12-5-7-13(8-6-12)18(2,3)4/h9-10,12-13,17,21H,5-8H2,1-4H3. The van der Waals surface area contributed by atoms with Crippen LogP contribution in [-0.4, -0.2) is 5.11 Å². The van der Waals surface area contributed by atoms with Crippen LogP contribution in [0.25, 0.3) is 0 Å². The molecule has 0 spiro atoms. The van der Waals surface area contributed by atoms with Gasteiger partial charge in [-0.3, -0.25) is 0 Å². The molecule has 0 heterocycles. The number of benzene rings is 1. The molecule has 1 unspecified atom stereocenters. The molecular formula is C18H26Br2O. The van der Waals surface area contributed by atoms with E-state index in [9.17, 15) is 5.11 Å². The van der Waals surface area contributed by atoms with Crippen molar-refractivity contribution in [3.8, 4) is 0 Å². The number of aliphatic hydroxyl groups is 1. The number of halogens is 2. The number of aryl methyl sites for hydroxylation is 1. The largest absolute Gasteiger partial charge is 0.388 e. The minimum Gasteiger partial charge on any atom is -0.388 e. The maximum atomic E-state index is 10.8. The van der Waals surface area contributed by atoms with Gasteiger partial charge in [0.2, 0.25) is 0 Å². The van der Waals surface area contributed by atoms with Crippen molar-refractivity contribution >= 4 is 31.9 Å². The summed E-state index contributed by atoms with van der Waals surface area (Å²) in [6.07, 6.45) is 4.35. The molecule has 1 aromatic rings. The Morgan fingerprint density at radius 3 is 2.14 bits per heavy atom. The van der Waals surface area contributed by atoms with E-state index in [-0.39, 0.29) is 6.10 Å². The lowest BCUT2D eigenvalue weighted by Gasteiger charge is -2.38. The zero-order valence-electron chi connectivity index (χ0n) is 13.4. The third-order valence-corrected chi connectivity index (χ3v) is 6.58. The molecule has 1 nitrogen and oxygen atoms in total. The summed E-state index contributed by atoms with van der Waals surface area (Å²) >= 11 is 7.19. The van der Waals surface area contributed by atoms with Crippen molar-refractivity contribution in [3.63, 3.8) is 0 Å². The Labute approximate surface area is 145 Å². The lowest BCUT2D eigenvalue weighted by molar-refractivity contribution is 0.0523. The molecule has 1 atom stereocenters. The van der Waals surface area contributed by atoms with Crippen LogP contribution in [0.4, 0.5) is 0 Å². The van der Waals surface area contributed by atoms with E-state index in [2.05, 4.69) is 71.7 Å². The van der Waals surface area contributed by atoms with Crippen LogP contribution in [0.15, 0.2) is 21.1 Å². The summed E-state index contributed by atoms with van der Waals surface area (Å²) in [6, 6.07) is 4.16. The molecule has 21 heavy (non-hydrogen) atoms. The average Bonchev–Trinajstić information content (AvgIpc) is 2.41. The smallest absolute Gasteiger partial charge is 0.0829 e. The fourth-order valence-corrected chi connectivity index (χ4v) is 4.50. The summed E-state index contributed by atoms with van der Waals surface area (Å²) in [6.45, 7) is 9.08. The summed E-state index contributed by atoms with van der Waals surface area (Å²) < 4.78 is 2.09. The molecule has 2 rings (SSSR count). The fraction of sp³-hybridized carbons (Fsp3) is 0.667. The molecule has 1 aromatic carbocycles. The van der Waals surface area contributed by atoms with Gasteiger partial charge in [-0.1, -0.05) is 52.6 Å². The molecule has 0 aromatic heterocycles. The summed E-state index contributed by atoms with van der Waals surface area (Å²) in [7, 11) is 0. The van der Waals surface area contributed by atoms with E-state index in [0.717, 1.165) is 33.3 Å². The highest BCUT2D eigenvalue weighted by Gasteiger charge is 2.33. The van der Waals surface area contributed by atoms with Crippen LogP contribution in [0, 0.1) is 24.2 Å². The Kier molecular flexibility index (Phi) is 5.60. The van der Waals surface area contributed by atoms with Gasteiger partial charge in [0.25, 0.3) is 0 Å². The monoisotopic (exact) mass is 416 g/mol. The minimum atomic E-state index is -0.364. The molecule has 0 aliphatic heterocycles. The van der Waals surface area contributed by atoms with E-state index in [1.807, 2.05) is 0 Å². The van der Waals surface area contributed by atoms with E-state index in [4.69, 9.17) is 0 Å². The van der Waals surface area contributed by atoms with Gasteiger partial charge in [-0.05, 0) is 73.1 Å². The third kappa shape index (κ3) is 4.11. The second kappa shape index (κ2) is 6.72. The predicted octanol–water partition coefficient (Wildman–Crippen LogP) is 6.41. The predicted molar refractivity (Wildman–Crippen MR) is 96.4 cm³/mol. The second-order valence-electron chi connectivity index (χ2n) is 7.55. The molecular weight excluding hydrogens is 392 g/mol. The molecule has 0 amide bonds. The third-order valence-electron chi connectivity index (χ3n) is 5.04. The van der Waals surface area contributed by atoms with Gasteiger partial charge < -0.3 is 5.11 Å². The van der Waals surface area contributed by atoms with E-state index in [1.54, 1.807) is 0 Å². The first kappa shape index (κ1) is 17.5. The molecule has 1 aliphatic carbocycles. The number of hydrogen-bond acceptors (Lipinski definition) is 1. The Bertz CT molecular complexity index is 497. The zero-order valence-corrected chi connectivity index (χ0v) is 16.6. The first-order valence-corrected chi connectivity index (χ1v) is 9.42. The van der Waals surface area contributed by atoms with Crippen LogP contribution >= 0.6 is 31.9 Å². The minimum absolute atomic E-state index is 0.364. The Balaban J connectivity index is 2.09. The van der Waals surface area contributed by atoms with E-state index < -0.39 is 0 Å². The number of aliphatic hydroxyl groups excluding tert-OH is 1.